The van der Waals surface area contributed by atoms with Gasteiger partial charge in [0.1, 0.15) is 5.82 Å². The van der Waals surface area contributed by atoms with Crippen LogP contribution in [0, 0.1) is 0 Å². The van der Waals surface area contributed by atoms with E-state index in [2.05, 4.69) is 25.4 Å². The minimum atomic E-state index is -0.133. The Kier molecular flexibility index (Phi) is 4.10. The van der Waals surface area contributed by atoms with Crippen LogP contribution in [0.15, 0.2) is 61.4 Å². The van der Waals surface area contributed by atoms with Gasteiger partial charge < -0.3 is 5.32 Å². The third kappa shape index (κ3) is 3.41. The summed E-state index contributed by atoms with van der Waals surface area (Å²) in [4.78, 5) is 25.0. The molecule has 0 fully saturated rings. The molecule has 0 saturated carbocycles. The average molecular weight is 344 g/mol. The van der Waals surface area contributed by atoms with Gasteiger partial charge in [0, 0.05) is 49.0 Å². The number of carbonyl (C=O) groups is 1. The number of aryl methyl sites for hydroxylation is 1. The molecule has 0 unspecified atom stereocenters. The maximum atomic E-state index is 12.2. The standard InChI is InChI=1S/C19H16N6O/c1-25-12-16(11-23-25)17-6-14-7-18(22-10-15(14)9-21-17)24-19(26)5-13-3-2-4-20-8-13/h2-4,6-12H,5H2,1H3,(H,22,24,26). The van der Waals surface area contributed by atoms with Crippen LogP contribution in [0.25, 0.3) is 22.0 Å². The van der Waals surface area contributed by atoms with E-state index in [9.17, 15) is 4.79 Å². The lowest BCUT2D eigenvalue weighted by Crippen LogP contribution is -2.15. The monoisotopic (exact) mass is 344 g/mol. The number of hydrogen-bond acceptors (Lipinski definition) is 5. The Morgan fingerprint density at radius 2 is 2.00 bits per heavy atom. The number of carbonyl (C=O) groups excluding carboxylic acids is 1. The molecule has 4 aromatic rings. The first-order valence-corrected chi connectivity index (χ1v) is 8.11. The Morgan fingerprint density at radius 3 is 2.77 bits per heavy atom. The maximum Gasteiger partial charge on any atom is 0.230 e. The number of nitrogens with one attached hydrogen (secondary N) is 1. The second-order valence-corrected chi connectivity index (χ2v) is 5.98. The molecule has 0 aliphatic rings. The van der Waals surface area contributed by atoms with Crippen LogP contribution in [-0.2, 0) is 18.3 Å². The zero-order chi connectivity index (χ0) is 17.9. The number of nitrogens with zero attached hydrogens (tertiary/aromatic N) is 5. The van der Waals surface area contributed by atoms with Crippen molar-refractivity contribution in [2.24, 2.45) is 7.05 Å². The van der Waals surface area contributed by atoms with E-state index in [0.29, 0.717) is 5.82 Å². The summed E-state index contributed by atoms with van der Waals surface area (Å²) in [6, 6.07) is 7.49. The largest absolute Gasteiger partial charge is 0.310 e. The van der Waals surface area contributed by atoms with E-state index >= 15 is 0 Å². The fourth-order valence-electron chi connectivity index (χ4n) is 2.69. The van der Waals surface area contributed by atoms with E-state index in [4.69, 9.17) is 0 Å². The molecule has 128 valence electrons. The molecule has 4 rings (SSSR count). The highest BCUT2D eigenvalue weighted by Gasteiger charge is 2.08. The maximum absolute atomic E-state index is 12.2. The Labute approximate surface area is 149 Å². The third-order valence-electron chi connectivity index (χ3n) is 3.96. The Morgan fingerprint density at radius 1 is 1.12 bits per heavy atom. The van der Waals surface area contributed by atoms with Gasteiger partial charge in [-0.2, -0.15) is 5.10 Å². The lowest BCUT2D eigenvalue weighted by atomic mass is 10.1. The van der Waals surface area contributed by atoms with Gasteiger partial charge in [-0.25, -0.2) is 4.98 Å². The van der Waals surface area contributed by atoms with Gasteiger partial charge in [0.05, 0.1) is 18.3 Å². The molecule has 0 bridgehead atoms. The van der Waals surface area contributed by atoms with Crippen molar-refractivity contribution in [1.29, 1.82) is 0 Å². The second kappa shape index (κ2) is 6.72. The number of anilines is 1. The first-order chi connectivity index (χ1) is 12.7. The first kappa shape index (κ1) is 15.9. The molecule has 0 spiro atoms. The molecule has 0 aliphatic carbocycles. The van der Waals surface area contributed by atoms with Crippen molar-refractivity contribution in [3.05, 3.63) is 67.0 Å². The minimum Gasteiger partial charge on any atom is -0.310 e. The molecule has 0 aromatic carbocycles. The SMILES string of the molecule is Cn1cc(-c2cc3cc(NC(=O)Cc4cccnc4)ncc3cn2)cn1. The average Bonchev–Trinajstić information content (AvgIpc) is 3.08. The normalized spacial score (nSPS) is 10.8. The van der Waals surface area contributed by atoms with Gasteiger partial charge in [-0.1, -0.05) is 6.07 Å². The van der Waals surface area contributed by atoms with Crippen LogP contribution in [0.4, 0.5) is 5.82 Å². The van der Waals surface area contributed by atoms with E-state index in [1.807, 2.05) is 37.5 Å². The van der Waals surface area contributed by atoms with E-state index in [1.54, 1.807) is 35.7 Å². The number of amides is 1. The number of fused-ring (bicyclic) bond motifs is 1. The quantitative estimate of drug-likeness (QED) is 0.615. The van der Waals surface area contributed by atoms with E-state index in [1.165, 1.54) is 0 Å². The molecule has 0 saturated heterocycles. The first-order valence-electron chi connectivity index (χ1n) is 8.11. The zero-order valence-corrected chi connectivity index (χ0v) is 14.1. The van der Waals surface area contributed by atoms with Gasteiger partial charge in [0.15, 0.2) is 0 Å². The molecule has 0 radical (unpaired) electrons. The fraction of sp³-hybridized carbons (Fsp3) is 0.105. The highest BCUT2D eigenvalue weighted by Crippen LogP contribution is 2.22. The highest BCUT2D eigenvalue weighted by molar-refractivity contribution is 5.94. The molecule has 7 heteroatoms. The molecule has 0 aliphatic heterocycles. The molecule has 26 heavy (non-hydrogen) atoms. The molecule has 0 atom stereocenters. The Balaban J connectivity index is 1.57. The number of aromatic nitrogens is 5. The summed E-state index contributed by atoms with van der Waals surface area (Å²) in [6.45, 7) is 0. The van der Waals surface area contributed by atoms with Crippen LogP contribution in [-0.4, -0.2) is 30.6 Å². The zero-order valence-electron chi connectivity index (χ0n) is 14.1. The van der Waals surface area contributed by atoms with Crippen molar-refractivity contribution in [2.75, 3.05) is 5.32 Å². The van der Waals surface area contributed by atoms with Crippen LogP contribution in [0.5, 0.6) is 0 Å². The van der Waals surface area contributed by atoms with Crippen molar-refractivity contribution < 1.29 is 4.79 Å². The predicted octanol–water partition coefficient (Wildman–Crippen LogP) is 2.61. The second-order valence-electron chi connectivity index (χ2n) is 5.98. The summed E-state index contributed by atoms with van der Waals surface area (Å²) in [7, 11) is 1.87. The molecule has 1 N–H and O–H groups in total. The molecule has 4 heterocycles. The van der Waals surface area contributed by atoms with Gasteiger partial charge in [-0.05, 0) is 29.1 Å². The molecule has 7 nitrogen and oxygen atoms in total. The summed E-state index contributed by atoms with van der Waals surface area (Å²) in [6.07, 6.45) is 10.8. The number of pyridine rings is 3. The lowest BCUT2D eigenvalue weighted by molar-refractivity contribution is -0.115. The summed E-state index contributed by atoms with van der Waals surface area (Å²) in [5, 5.41) is 8.86. The van der Waals surface area contributed by atoms with Gasteiger partial charge >= 0.3 is 0 Å². The number of rotatable bonds is 4. The molecular weight excluding hydrogens is 328 g/mol. The number of hydrogen-bond donors (Lipinski definition) is 1. The Bertz CT molecular complexity index is 1070. The summed E-state index contributed by atoms with van der Waals surface area (Å²) in [5.41, 5.74) is 2.62. The van der Waals surface area contributed by atoms with Gasteiger partial charge in [0.2, 0.25) is 5.91 Å². The van der Waals surface area contributed by atoms with Crippen LogP contribution in [0.3, 0.4) is 0 Å². The van der Waals surface area contributed by atoms with Crippen molar-refractivity contribution in [3.63, 3.8) is 0 Å². The van der Waals surface area contributed by atoms with Crippen molar-refractivity contribution in [3.8, 4) is 11.3 Å². The van der Waals surface area contributed by atoms with Crippen molar-refractivity contribution >= 4 is 22.5 Å². The summed E-state index contributed by atoms with van der Waals surface area (Å²) >= 11 is 0. The lowest BCUT2D eigenvalue weighted by Gasteiger charge is -2.06. The molecule has 1 amide bonds. The summed E-state index contributed by atoms with van der Waals surface area (Å²) in [5.74, 6) is 0.376. The fourth-order valence-corrected chi connectivity index (χ4v) is 2.69. The molecular formula is C19H16N6O. The smallest absolute Gasteiger partial charge is 0.230 e. The summed E-state index contributed by atoms with van der Waals surface area (Å²) < 4.78 is 1.73. The minimum absolute atomic E-state index is 0.133. The topological polar surface area (TPSA) is 85.6 Å². The van der Waals surface area contributed by atoms with E-state index < -0.39 is 0 Å². The van der Waals surface area contributed by atoms with Gasteiger partial charge in [-0.3, -0.25) is 19.4 Å². The highest BCUT2D eigenvalue weighted by atomic mass is 16.1. The van der Waals surface area contributed by atoms with Crippen molar-refractivity contribution in [2.45, 2.75) is 6.42 Å². The van der Waals surface area contributed by atoms with E-state index in [-0.39, 0.29) is 12.3 Å². The van der Waals surface area contributed by atoms with Crippen LogP contribution >= 0.6 is 0 Å². The van der Waals surface area contributed by atoms with E-state index in [0.717, 1.165) is 27.6 Å². The van der Waals surface area contributed by atoms with Crippen LogP contribution < -0.4 is 5.32 Å². The molecule has 4 aromatic heterocycles. The predicted molar refractivity (Wildman–Crippen MR) is 98.3 cm³/mol. The van der Waals surface area contributed by atoms with Gasteiger partial charge in [0.25, 0.3) is 0 Å². The van der Waals surface area contributed by atoms with Gasteiger partial charge in [-0.15, -0.1) is 0 Å². The van der Waals surface area contributed by atoms with Crippen LogP contribution in [0.2, 0.25) is 0 Å². The third-order valence-corrected chi connectivity index (χ3v) is 3.96. The Hall–Kier alpha value is -3.61. The van der Waals surface area contributed by atoms with Crippen LogP contribution in [0.1, 0.15) is 5.56 Å². The van der Waals surface area contributed by atoms with Crippen molar-refractivity contribution in [1.82, 2.24) is 24.7 Å².